The van der Waals surface area contributed by atoms with E-state index in [1.807, 2.05) is 12.2 Å². The fraction of sp³-hybridized carbons (Fsp3) is 0.734. The Balaban J connectivity index is 4.75. The zero-order chi connectivity index (χ0) is 55.5. The topological polar surface area (TPSA) is 155 Å². The molecule has 0 bridgehead atoms. The van der Waals surface area contributed by atoms with Crippen molar-refractivity contribution >= 4 is 25.7 Å². The fourth-order valence-corrected chi connectivity index (χ4v) is 8.97. The largest absolute Gasteiger partial charge is 0.472 e. The summed E-state index contributed by atoms with van der Waals surface area (Å²) in [4.78, 5) is 48.6. The number of aliphatic hydroxyl groups excluding tert-OH is 1. The number of rotatable bonds is 56. The number of carbonyl (C=O) groups excluding carboxylic acids is 3. The summed E-state index contributed by atoms with van der Waals surface area (Å²) in [6.07, 6.45) is 66.8. The number of esters is 3. The summed E-state index contributed by atoms with van der Waals surface area (Å²) in [6, 6.07) is 0. The first-order valence-electron chi connectivity index (χ1n) is 30.5. The lowest BCUT2D eigenvalue weighted by Crippen LogP contribution is -2.30. The Labute approximate surface area is 464 Å². The van der Waals surface area contributed by atoms with Gasteiger partial charge in [0.25, 0.3) is 0 Å². The predicted molar refractivity (Wildman–Crippen MR) is 316 cm³/mol. The summed E-state index contributed by atoms with van der Waals surface area (Å²) in [6.45, 7) is 4.46. The summed E-state index contributed by atoms with van der Waals surface area (Å²) in [7, 11) is -4.77. The standard InChI is InChI=1S/C64H111O11P/c1-4-7-10-13-16-19-22-25-27-29-30-32-34-37-40-43-46-49-52-55-64(68)75-61(57-71-62(66)53-50-47-44-41-38-35-24-21-18-15-12-9-6-3)59-73-76(69,70)72-58-60(56-65)74-63(67)54-51-48-45-42-39-36-33-31-28-26-23-20-17-14-11-8-5-2/h8,11,16-17,19-20,25-28,33,36,42,45,60-61,65H,4-7,9-10,12-15,18,21-24,29-32,34-35,37-41,43-44,46-59H2,1-3H3,(H,69,70)/b11-8-,19-16-,20-17-,27-25-,28-26-,36-33-,45-42-. The maximum absolute atomic E-state index is 12.9. The van der Waals surface area contributed by atoms with Crippen molar-refractivity contribution in [3.8, 4) is 0 Å². The molecule has 0 radical (unpaired) electrons. The molecule has 0 rings (SSSR count). The third-order valence-electron chi connectivity index (χ3n) is 12.8. The van der Waals surface area contributed by atoms with Crippen LogP contribution in [-0.4, -0.2) is 66.5 Å². The number of phosphoric acid groups is 1. The first kappa shape index (κ1) is 72.7. The van der Waals surface area contributed by atoms with E-state index < -0.39 is 57.8 Å². The molecule has 0 aromatic heterocycles. The molecule has 0 aliphatic heterocycles. The number of hydrogen-bond donors (Lipinski definition) is 2. The second-order valence-corrected chi connectivity index (χ2v) is 21.6. The van der Waals surface area contributed by atoms with E-state index in [9.17, 15) is 28.9 Å². The van der Waals surface area contributed by atoms with Gasteiger partial charge in [-0.05, 0) is 89.9 Å². The highest BCUT2D eigenvalue weighted by Crippen LogP contribution is 2.43. The van der Waals surface area contributed by atoms with Gasteiger partial charge in [0.15, 0.2) is 6.10 Å². The van der Waals surface area contributed by atoms with Crippen LogP contribution in [-0.2, 0) is 42.2 Å². The van der Waals surface area contributed by atoms with Gasteiger partial charge in [0, 0.05) is 19.3 Å². The molecule has 438 valence electrons. The van der Waals surface area contributed by atoms with Crippen molar-refractivity contribution < 1.29 is 52.2 Å². The van der Waals surface area contributed by atoms with E-state index in [1.165, 1.54) is 116 Å². The van der Waals surface area contributed by atoms with Crippen LogP contribution in [0.2, 0.25) is 0 Å². The van der Waals surface area contributed by atoms with Gasteiger partial charge in [-0.25, -0.2) is 4.57 Å². The quantitative estimate of drug-likeness (QED) is 0.0197. The van der Waals surface area contributed by atoms with E-state index >= 15 is 0 Å². The maximum atomic E-state index is 12.9. The van der Waals surface area contributed by atoms with Crippen molar-refractivity contribution in [2.24, 2.45) is 0 Å². The molecule has 0 aromatic rings. The molecule has 0 aliphatic carbocycles. The molecule has 0 saturated carbocycles. The summed E-state index contributed by atoms with van der Waals surface area (Å²) in [5.74, 6) is -1.52. The Kier molecular flexibility index (Phi) is 55.3. The molecule has 3 unspecified atom stereocenters. The lowest BCUT2D eigenvalue weighted by molar-refractivity contribution is -0.161. The van der Waals surface area contributed by atoms with E-state index in [1.54, 1.807) is 0 Å². The monoisotopic (exact) mass is 1090 g/mol. The number of carbonyl (C=O) groups is 3. The number of unbranched alkanes of at least 4 members (excludes halogenated alkanes) is 25. The molecule has 0 aliphatic rings. The molecule has 2 N–H and O–H groups in total. The van der Waals surface area contributed by atoms with E-state index in [2.05, 4.69) is 93.7 Å². The molecule has 0 saturated heterocycles. The average molecular weight is 1090 g/mol. The minimum absolute atomic E-state index is 0.0970. The predicted octanol–water partition coefficient (Wildman–Crippen LogP) is 18.3. The van der Waals surface area contributed by atoms with Gasteiger partial charge >= 0.3 is 25.7 Å². The summed E-state index contributed by atoms with van der Waals surface area (Å²) < 4.78 is 39.5. The minimum atomic E-state index is -4.77. The van der Waals surface area contributed by atoms with E-state index in [-0.39, 0.29) is 25.9 Å². The summed E-state index contributed by atoms with van der Waals surface area (Å²) >= 11 is 0. The van der Waals surface area contributed by atoms with Gasteiger partial charge in [-0.15, -0.1) is 0 Å². The third kappa shape index (κ3) is 55.4. The average Bonchev–Trinajstić information content (AvgIpc) is 3.41. The van der Waals surface area contributed by atoms with E-state index in [4.69, 9.17) is 23.3 Å². The van der Waals surface area contributed by atoms with Crippen LogP contribution >= 0.6 is 7.82 Å². The zero-order valence-electron chi connectivity index (χ0n) is 48.5. The van der Waals surface area contributed by atoms with Gasteiger partial charge in [-0.3, -0.25) is 23.4 Å². The van der Waals surface area contributed by atoms with E-state index in [0.717, 1.165) is 83.5 Å². The van der Waals surface area contributed by atoms with Crippen LogP contribution in [0.15, 0.2) is 85.1 Å². The van der Waals surface area contributed by atoms with E-state index in [0.29, 0.717) is 25.7 Å². The molecule has 0 amide bonds. The van der Waals surface area contributed by atoms with Gasteiger partial charge in [-0.2, -0.15) is 0 Å². The van der Waals surface area contributed by atoms with Crippen LogP contribution in [0.5, 0.6) is 0 Å². The number of phosphoric ester groups is 1. The molecule has 3 atom stereocenters. The summed E-state index contributed by atoms with van der Waals surface area (Å²) in [5.41, 5.74) is 0. The van der Waals surface area contributed by atoms with Gasteiger partial charge in [0.05, 0.1) is 19.8 Å². The van der Waals surface area contributed by atoms with Crippen molar-refractivity contribution in [2.75, 3.05) is 26.4 Å². The fourth-order valence-electron chi connectivity index (χ4n) is 8.19. The summed E-state index contributed by atoms with van der Waals surface area (Å²) in [5, 5.41) is 9.82. The van der Waals surface area contributed by atoms with Gasteiger partial charge in [-0.1, -0.05) is 241 Å². The first-order valence-corrected chi connectivity index (χ1v) is 32.0. The van der Waals surface area contributed by atoms with Crippen molar-refractivity contribution in [3.05, 3.63) is 85.1 Å². The van der Waals surface area contributed by atoms with Crippen LogP contribution in [0.1, 0.15) is 265 Å². The Hall–Kier alpha value is -3.34. The molecule has 11 nitrogen and oxygen atoms in total. The number of hydrogen-bond acceptors (Lipinski definition) is 10. The SMILES string of the molecule is CC/C=C\C/C=C\C/C=C\C/C=C\C/C=C\CCCC(=O)OC(CO)COP(=O)(O)OCC(COC(=O)CCCCCCCCCCCCCCC)OC(=O)CCCCCCCCCCC/C=C\C/C=C\CCCCC. The highest BCUT2D eigenvalue weighted by molar-refractivity contribution is 7.47. The van der Waals surface area contributed by atoms with Crippen molar-refractivity contribution in [2.45, 2.75) is 277 Å². The second kappa shape index (κ2) is 57.8. The second-order valence-electron chi connectivity index (χ2n) is 20.1. The highest BCUT2D eigenvalue weighted by atomic mass is 31.2. The van der Waals surface area contributed by atoms with Crippen LogP contribution in [0.3, 0.4) is 0 Å². The number of allylic oxidation sites excluding steroid dienone is 14. The van der Waals surface area contributed by atoms with Gasteiger partial charge in [0.1, 0.15) is 12.7 Å². The first-order chi connectivity index (χ1) is 37.2. The Bertz CT molecular complexity index is 1600. The molecular formula is C64H111O11P. The van der Waals surface area contributed by atoms with Crippen LogP contribution in [0.4, 0.5) is 0 Å². The van der Waals surface area contributed by atoms with Crippen molar-refractivity contribution in [1.82, 2.24) is 0 Å². The lowest BCUT2D eigenvalue weighted by atomic mass is 10.0. The maximum Gasteiger partial charge on any atom is 0.472 e. The number of ether oxygens (including phenoxy) is 3. The van der Waals surface area contributed by atoms with Crippen LogP contribution in [0.25, 0.3) is 0 Å². The Morgan fingerprint density at radius 1 is 0.382 bits per heavy atom. The smallest absolute Gasteiger partial charge is 0.462 e. The van der Waals surface area contributed by atoms with Crippen LogP contribution < -0.4 is 0 Å². The molecule has 0 aromatic carbocycles. The normalized spacial score (nSPS) is 13.9. The molecule has 12 heteroatoms. The molecular weight excluding hydrogens is 976 g/mol. The molecule has 0 spiro atoms. The van der Waals surface area contributed by atoms with Crippen molar-refractivity contribution in [3.63, 3.8) is 0 Å². The molecule has 0 heterocycles. The van der Waals surface area contributed by atoms with Crippen LogP contribution in [0, 0.1) is 0 Å². The lowest BCUT2D eigenvalue weighted by Gasteiger charge is -2.21. The van der Waals surface area contributed by atoms with Gasteiger partial charge in [0.2, 0.25) is 0 Å². The minimum Gasteiger partial charge on any atom is -0.462 e. The van der Waals surface area contributed by atoms with Crippen molar-refractivity contribution in [1.29, 1.82) is 0 Å². The number of aliphatic hydroxyl groups is 1. The third-order valence-corrected chi connectivity index (χ3v) is 13.8. The molecule has 76 heavy (non-hydrogen) atoms. The zero-order valence-corrected chi connectivity index (χ0v) is 49.3. The Morgan fingerprint density at radius 2 is 0.697 bits per heavy atom. The Morgan fingerprint density at radius 3 is 1.13 bits per heavy atom. The molecule has 0 fully saturated rings. The highest BCUT2D eigenvalue weighted by Gasteiger charge is 2.28. The van der Waals surface area contributed by atoms with Gasteiger partial charge < -0.3 is 24.2 Å².